The Balaban J connectivity index is 2.35. The second-order valence-electron chi connectivity index (χ2n) is 4.63. The van der Waals surface area contributed by atoms with Crippen molar-refractivity contribution in [2.75, 3.05) is 12.3 Å². The molecule has 0 amide bonds. The van der Waals surface area contributed by atoms with Gasteiger partial charge in [0.2, 0.25) is 0 Å². The van der Waals surface area contributed by atoms with Gasteiger partial charge in [-0.3, -0.25) is 4.79 Å². The third kappa shape index (κ3) is 2.42. The van der Waals surface area contributed by atoms with Crippen LogP contribution in [0.25, 0.3) is 0 Å². The van der Waals surface area contributed by atoms with Crippen LogP contribution in [0.1, 0.15) is 30.0 Å². The first kappa shape index (κ1) is 11.9. The lowest BCUT2D eigenvalue weighted by Crippen LogP contribution is -2.38. The number of piperidine rings is 1. The van der Waals surface area contributed by atoms with Gasteiger partial charge in [0.1, 0.15) is 0 Å². The molecule has 4 heteroatoms. The summed E-state index contributed by atoms with van der Waals surface area (Å²) >= 11 is 0. The SMILES string of the molecule is Cc1ccc(N)cc1C1NCCCC1C(=O)O. The zero-order valence-corrected chi connectivity index (χ0v) is 9.94. The van der Waals surface area contributed by atoms with Gasteiger partial charge in [0.15, 0.2) is 0 Å². The lowest BCUT2D eigenvalue weighted by molar-refractivity contribution is -0.143. The Morgan fingerprint density at radius 1 is 1.53 bits per heavy atom. The molecule has 0 bridgehead atoms. The first-order valence-corrected chi connectivity index (χ1v) is 5.92. The summed E-state index contributed by atoms with van der Waals surface area (Å²) in [6.07, 6.45) is 1.63. The smallest absolute Gasteiger partial charge is 0.308 e. The van der Waals surface area contributed by atoms with E-state index in [1.54, 1.807) is 0 Å². The summed E-state index contributed by atoms with van der Waals surface area (Å²) in [6.45, 7) is 2.85. The number of aryl methyl sites for hydroxylation is 1. The topological polar surface area (TPSA) is 75.3 Å². The van der Waals surface area contributed by atoms with Gasteiger partial charge in [0.25, 0.3) is 0 Å². The molecule has 2 unspecified atom stereocenters. The Kier molecular flexibility index (Phi) is 3.33. The van der Waals surface area contributed by atoms with Gasteiger partial charge in [-0.1, -0.05) is 6.07 Å². The third-order valence-electron chi connectivity index (χ3n) is 3.41. The molecule has 0 saturated carbocycles. The summed E-state index contributed by atoms with van der Waals surface area (Å²) in [4.78, 5) is 11.3. The largest absolute Gasteiger partial charge is 0.481 e. The third-order valence-corrected chi connectivity index (χ3v) is 3.41. The minimum atomic E-state index is -0.732. The van der Waals surface area contributed by atoms with Gasteiger partial charge in [-0.2, -0.15) is 0 Å². The molecule has 1 saturated heterocycles. The molecule has 4 N–H and O–H groups in total. The molecule has 0 aromatic heterocycles. The summed E-state index contributed by atoms with van der Waals surface area (Å²) in [5.74, 6) is -1.09. The van der Waals surface area contributed by atoms with E-state index in [1.807, 2.05) is 25.1 Å². The average molecular weight is 234 g/mol. The number of nitrogen functional groups attached to an aromatic ring is 1. The van der Waals surface area contributed by atoms with Crippen molar-refractivity contribution in [1.82, 2.24) is 5.32 Å². The number of rotatable bonds is 2. The number of carboxylic acids is 1. The maximum absolute atomic E-state index is 11.3. The molecule has 4 nitrogen and oxygen atoms in total. The molecular weight excluding hydrogens is 216 g/mol. The standard InChI is InChI=1S/C13H18N2O2/c1-8-4-5-9(14)7-11(8)12-10(13(16)17)3-2-6-15-12/h4-5,7,10,12,15H,2-3,6,14H2,1H3,(H,16,17). The summed E-state index contributed by atoms with van der Waals surface area (Å²) in [6, 6.07) is 5.55. The highest BCUT2D eigenvalue weighted by atomic mass is 16.4. The molecule has 0 spiro atoms. The Hall–Kier alpha value is -1.55. The predicted octanol–water partition coefficient (Wildman–Crippen LogP) is 1.70. The van der Waals surface area contributed by atoms with E-state index in [9.17, 15) is 9.90 Å². The lowest BCUT2D eigenvalue weighted by atomic mass is 9.84. The minimum absolute atomic E-state index is 0.121. The molecule has 1 heterocycles. The molecular formula is C13H18N2O2. The molecule has 0 radical (unpaired) electrons. The van der Waals surface area contributed by atoms with Crippen LogP contribution in [0.4, 0.5) is 5.69 Å². The molecule has 92 valence electrons. The minimum Gasteiger partial charge on any atom is -0.481 e. The van der Waals surface area contributed by atoms with E-state index < -0.39 is 5.97 Å². The maximum Gasteiger partial charge on any atom is 0.308 e. The summed E-state index contributed by atoms with van der Waals surface area (Å²) in [5, 5.41) is 12.6. The molecule has 1 aliphatic rings. The molecule has 0 aliphatic carbocycles. The van der Waals surface area contributed by atoms with Crippen molar-refractivity contribution < 1.29 is 9.90 Å². The van der Waals surface area contributed by atoms with Crippen LogP contribution < -0.4 is 11.1 Å². The van der Waals surface area contributed by atoms with Gasteiger partial charge in [0, 0.05) is 11.7 Å². The number of hydrogen-bond donors (Lipinski definition) is 3. The number of nitrogens with one attached hydrogen (secondary N) is 1. The number of carboxylic acid groups (broad SMARTS) is 1. The Morgan fingerprint density at radius 3 is 3.00 bits per heavy atom. The van der Waals surface area contributed by atoms with Crippen molar-refractivity contribution in [3.8, 4) is 0 Å². The summed E-state index contributed by atoms with van der Waals surface area (Å²) < 4.78 is 0. The van der Waals surface area contributed by atoms with Crippen LogP contribution in [0.3, 0.4) is 0 Å². The van der Waals surface area contributed by atoms with E-state index >= 15 is 0 Å². The fraction of sp³-hybridized carbons (Fsp3) is 0.462. The lowest BCUT2D eigenvalue weighted by Gasteiger charge is -2.31. The molecule has 1 fully saturated rings. The molecule has 17 heavy (non-hydrogen) atoms. The van der Waals surface area contributed by atoms with Crippen molar-refractivity contribution in [3.63, 3.8) is 0 Å². The van der Waals surface area contributed by atoms with Crippen LogP contribution in [0.5, 0.6) is 0 Å². The van der Waals surface area contributed by atoms with Gasteiger partial charge in [-0.05, 0) is 49.6 Å². The number of aliphatic carboxylic acids is 1. The second-order valence-corrected chi connectivity index (χ2v) is 4.63. The predicted molar refractivity (Wildman–Crippen MR) is 66.7 cm³/mol. The molecule has 2 rings (SSSR count). The number of anilines is 1. The number of hydrogen-bond acceptors (Lipinski definition) is 3. The highest BCUT2D eigenvalue weighted by Gasteiger charge is 2.32. The van der Waals surface area contributed by atoms with Gasteiger partial charge >= 0.3 is 5.97 Å². The van der Waals surface area contributed by atoms with E-state index in [0.29, 0.717) is 5.69 Å². The first-order valence-electron chi connectivity index (χ1n) is 5.92. The number of benzene rings is 1. The fourth-order valence-corrected chi connectivity index (χ4v) is 2.48. The Bertz CT molecular complexity index is 431. The summed E-state index contributed by atoms with van der Waals surface area (Å²) in [7, 11) is 0. The van der Waals surface area contributed by atoms with Crippen molar-refractivity contribution >= 4 is 11.7 Å². The van der Waals surface area contributed by atoms with Gasteiger partial charge < -0.3 is 16.2 Å². The maximum atomic E-state index is 11.3. The summed E-state index contributed by atoms with van der Waals surface area (Å²) in [5.41, 5.74) is 8.56. The van der Waals surface area contributed by atoms with Gasteiger partial charge in [-0.25, -0.2) is 0 Å². The average Bonchev–Trinajstić information content (AvgIpc) is 2.32. The van der Waals surface area contributed by atoms with E-state index in [2.05, 4.69) is 5.32 Å². The monoisotopic (exact) mass is 234 g/mol. The van der Waals surface area contributed by atoms with Crippen LogP contribution in [0.2, 0.25) is 0 Å². The van der Waals surface area contributed by atoms with Crippen molar-refractivity contribution in [2.45, 2.75) is 25.8 Å². The van der Waals surface area contributed by atoms with Crippen LogP contribution >= 0.6 is 0 Å². The zero-order valence-electron chi connectivity index (χ0n) is 9.94. The molecule has 1 aromatic carbocycles. The van der Waals surface area contributed by atoms with Crippen molar-refractivity contribution in [3.05, 3.63) is 29.3 Å². The van der Waals surface area contributed by atoms with E-state index in [1.165, 1.54) is 0 Å². The Labute approximate surface area is 101 Å². The molecule has 1 aliphatic heterocycles. The van der Waals surface area contributed by atoms with E-state index in [-0.39, 0.29) is 12.0 Å². The molecule has 1 aromatic rings. The van der Waals surface area contributed by atoms with E-state index in [0.717, 1.165) is 30.5 Å². The fourth-order valence-electron chi connectivity index (χ4n) is 2.48. The van der Waals surface area contributed by atoms with Crippen LogP contribution in [0, 0.1) is 12.8 Å². The quantitative estimate of drug-likeness (QED) is 0.681. The second kappa shape index (κ2) is 4.75. The van der Waals surface area contributed by atoms with E-state index in [4.69, 9.17) is 5.73 Å². The van der Waals surface area contributed by atoms with Crippen LogP contribution in [-0.2, 0) is 4.79 Å². The van der Waals surface area contributed by atoms with Crippen molar-refractivity contribution in [2.24, 2.45) is 5.92 Å². The Morgan fingerprint density at radius 2 is 2.29 bits per heavy atom. The first-order chi connectivity index (χ1) is 8.09. The normalized spacial score (nSPS) is 24.5. The van der Waals surface area contributed by atoms with Crippen LogP contribution in [0.15, 0.2) is 18.2 Å². The number of carbonyl (C=O) groups is 1. The van der Waals surface area contributed by atoms with Gasteiger partial charge in [0.05, 0.1) is 5.92 Å². The van der Waals surface area contributed by atoms with Gasteiger partial charge in [-0.15, -0.1) is 0 Å². The van der Waals surface area contributed by atoms with Crippen molar-refractivity contribution in [1.29, 1.82) is 0 Å². The molecule has 2 atom stereocenters. The number of nitrogens with two attached hydrogens (primary N) is 1. The highest BCUT2D eigenvalue weighted by molar-refractivity contribution is 5.71. The van der Waals surface area contributed by atoms with Crippen LogP contribution in [-0.4, -0.2) is 17.6 Å². The zero-order chi connectivity index (χ0) is 12.4. The highest BCUT2D eigenvalue weighted by Crippen LogP contribution is 2.32.